The second-order valence-electron chi connectivity index (χ2n) is 5.77. The Balaban J connectivity index is 1.68. The number of carbonyl (C=O) groups is 1. The van der Waals surface area contributed by atoms with Gasteiger partial charge in [0.2, 0.25) is 5.91 Å². The van der Waals surface area contributed by atoms with E-state index >= 15 is 0 Å². The summed E-state index contributed by atoms with van der Waals surface area (Å²) in [6.45, 7) is 2.06. The number of hydrogen-bond acceptors (Lipinski definition) is 4. The van der Waals surface area contributed by atoms with Gasteiger partial charge in [0, 0.05) is 18.1 Å². The molecule has 0 unspecified atom stereocenters. The number of aromatic nitrogens is 2. The molecule has 0 saturated carbocycles. The lowest BCUT2D eigenvalue weighted by Gasteiger charge is -2.08. The molecule has 5 nitrogen and oxygen atoms in total. The van der Waals surface area contributed by atoms with Crippen molar-refractivity contribution in [2.45, 2.75) is 18.4 Å². The maximum atomic E-state index is 13.4. The summed E-state index contributed by atoms with van der Waals surface area (Å²) < 4.78 is 14.7. The Morgan fingerprint density at radius 2 is 2.00 bits per heavy atom. The van der Waals surface area contributed by atoms with Crippen molar-refractivity contribution in [1.82, 2.24) is 9.55 Å². The van der Waals surface area contributed by atoms with E-state index in [2.05, 4.69) is 17.2 Å². The fourth-order valence-corrected chi connectivity index (χ4v) is 3.17. The van der Waals surface area contributed by atoms with Gasteiger partial charge in [-0.1, -0.05) is 36.9 Å². The maximum Gasteiger partial charge on any atom is 0.287 e. The summed E-state index contributed by atoms with van der Waals surface area (Å²) in [6, 6.07) is 13.3. The number of hydrogen-bond donors (Lipinski definition) is 1. The molecule has 0 radical (unpaired) electrons. The third-order valence-corrected chi connectivity index (χ3v) is 4.84. The zero-order valence-electron chi connectivity index (χ0n) is 14.7. The summed E-state index contributed by atoms with van der Waals surface area (Å²) in [5.74, 6) is -0.615. The van der Waals surface area contributed by atoms with E-state index in [1.807, 2.05) is 24.3 Å². The molecular weight excluding hydrogens is 365 g/mol. The number of carbonyl (C=O) groups excluding carboxylic acids is 1. The Labute approximate surface area is 160 Å². The standard InChI is InChI=1S/C20H18FN3O2S/c1-2-14-6-8-16(9-7-14)23-18(25)13-27-19-20(26)24(11-10-22-19)17-5-3-4-15(21)12-17/h3-12H,2,13H2,1H3,(H,23,25). The van der Waals surface area contributed by atoms with Crippen LogP contribution in [0.3, 0.4) is 0 Å². The summed E-state index contributed by atoms with van der Waals surface area (Å²) >= 11 is 1.04. The van der Waals surface area contributed by atoms with Crippen molar-refractivity contribution in [2.24, 2.45) is 0 Å². The third kappa shape index (κ3) is 4.83. The Morgan fingerprint density at radius 1 is 1.22 bits per heavy atom. The number of nitrogens with zero attached hydrogens (tertiary/aromatic N) is 2. The van der Waals surface area contributed by atoms with E-state index in [4.69, 9.17) is 0 Å². The van der Waals surface area contributed by atoms with Crippen LogP contribution in [0.2, 0.25) is 0 Å². The average Bonchev–Trinajstić information content (AvgIpc) is 2.68. The predicted octanol–water partition coefficient (Wildman–Crippen LogP) is 3.66. The molecule has 3 rings (SSSR count). The largest absolute Gasteiger partial charge is 0.325 e. The van der Waals surface area contributed by atoms with E-state index in [-0.39, 0.29) is 16.7 Å². The Bertz CT molecular complexity index is 1000. The molecule has 27 heavy (non-hydrogen) atoms. The first-order valence-corrected chi connectivity index (χ1v) is 9.40. The monoisotopic (exact) mass is 383 g/mol. The van der Waals surface area contributed by atoms with E-state index in [9.17, 15) is 14.0 Å². The normalized spacial score (nSPS) is 10.6. The Morgan fingerprint density at radius 3 is 2.70 bits per heavy atom. The number of anilines is 1. The van der Waals surface area contributed by atoms with E-state index in [0.717, 1.165) is 18.2 Å². The van der Waals surface area contributed by atoms with Gasteiger partial charge in [-0.25, -0.2) is 9.37 Å². The lowest BCUT2D eigenvalue weighted by atomic mass is 10.1. The lowest BCUT2D eigenvalue weighted by molar-refractivity contribution is -0.113. The fourth-order valence-electron chi connectivity index (χ4n) is 2.48. The highest BCUT2D eigenvalue weighted by Crippen LogP contribution is 2.15. The van der Waals surface area contributed by atoms with Gasteiger partial charge in [-0.15, -0.1) is 0 Å². The van der Waals surface area contributed by atoms with Crippen molar-refractivity contribution in [3.05, 3.63) is 82.7 Å². The summed E-state index contributed by atoms with van der Waals surface area (Å²) in [7, 11) is 0. The number of thioether (sulfide) groups is 1. The SMILES string of the molecule is CCc1ccc(NC(=O)CSc2nccn(-c3cccc(F)c3)c2=O)cc1. The minimum absolute atomic E-state index is 0.0466. The molecule has 0 aliphatic carbocycles. The zero-order chi connectivity index (χ0) is 19.2. The van der Waals surface area contributed by atoms with Crippen LogP contribution in [0.25, 0.3) is 5.69 Å². The summed E-state index contributed by atoms with van der Waals surface area (Å²) in [6.07, 6.45) is 3.86. The van der Waals surface area contributed by atoms with Crippen LogP contribution in [0.4, 0.5) is 10.1 Å². The van der Waals surface area contributed by atoms with Gasteiger partial charge in [-0.3, -0.25) is 14.2 Å². The summed E-state index contributed by atoms with van der Waals surface area (Å²) in [4.78, 5) is 28.7. The molecule has 0 fully saturated rings. The topological polar surface area (TPSA) is 64.0 Å². The van der Waals surface area contributed by atoms with Crippen LogP contribution in [0.1, 0.15) is 12.5 Å². The van der Waals surface area contributed by atoms with Gasteiger partial charge in [0.05, 0.1) is 11.4 Å². The Kier molecular flexibility index (Phi) is 6.03. The van der Waals surface area contributed by atoms with Crippen molar-refractivity contribution in [1.29, 1.82) is 0 Å². The molecule has 1 heterocycles. The molecule has 0 aliphatic rings. The summed E-state index contributed by atoms with van der Waals surface area (Å²) in [5, 5.41) is 2.97. The van der Waals surface area contributed by atoms with Crippen molar-refractivity contribution < 1.29 is 9.18 Å². The quantitative estimate of drug-likeness (QED) is 0.660. The van der Waals surface area contributed by atoms with Gasteiger partial charge in [-0.05, 0) is 42.3 Å². The number of amides is 1. The van der Waals surface area contributed by atoms with Crippen LogP contribution in [-0.2, 0) is 11.2 Å². The van der Waals surface area contributed by atoms with Gasteiger partial charge in [0.15, 0.2) is 5.03 Å². The molecule has 7 heteroatoms. The molecule has 1 amide bonds. The molecule has 0 atom stereocenters. The van der Waals surface area contributed by atoms with Crippen molar-refractivity contribution >= 4 is 23.4 Å². The molecular formula is C20H18FN3O2S. The van der Waals surface area contributed by atoms with Crippen LogP contribution >= 0.6 is 11.8 Å². The molecule has 138 valence electrons. The number of rotatable bonds is 6. The predicted molar refractivity (Wildman–Crippen MR) is 105 cm³/mol. The average molecular weight is 383 g/mol. The van der Waals surface area contributed by atoms with E-state index in [1.165, 1.54) is 40.7 Å². The summed E-state index contributed by atoms with van der Waals surface area (Å²) in [5.41, 5.74) is 1.91. The molecule has 2 aromatic carbocycles. The minimum Gasteiger partial charge on any atom is -0.325 e. The Hall–Kier alpha value is -2.93. The molecule has 0 aliphatic heterocycles. The smallest absolute Gasteiger partial charge is 0.287 e. The van der Waals surface area contributed by atoms with Crippen molar-refractivity contribution in [3.63, 3.8) is 0 Å². The van der Waals surface area contributed by atoms with Gasteiger partial charge in [0.1, 0.15) is 5.82 Å². The van der Waals surface area contributed by atoms with Crippen LogP contribution in [0, 0.1) is 5.82 Å². The second kappa shape index (κ2) is 8.64. The first-order valence-electron chi connectivity index (χ1n) is 8.42. The molecule has 0 bridgehead atoms. The van der Waals surface area contributed by atoms with Gasteiger partial charge in [0.25, 0.3) is 5.56 Å². The number of aryl methyl sites for hydroxylation is 1. The highest BCUT2D eigenvalue weighted by molar-refractivity contribution is 7.99. The molecule has 1 N–H and O–H groups in total. The lowest BCUT2D eigenvalue weighted by Crippen LogP contribution is -2.22. The maximum absolute atomic E-state index is 13.4. The zero-order valence-corrected chi connectivity index (χ0v) is 15.5. The number of nitrogens with one attached hydrogen (secondary N) is 1. The first kappa shape index (κ1) is 18.8. The van der Waals surface area contributed by atoms with Gasteiger partial charge in [-0.2, -0.15) is 0 Å². The molecule has 0 saturated heterocycles. The molecule has 0 spiro atoms. The van der Waals surface area contributed by atoms with Crippen molar-refractivity contribution in [3.8, 4) is 5.69 Å². The van der Waals surface area contributed by atoms with Crippen LogP contribution < -0.4 is 10.9 Å². The highest BCUT2D eigenvalue weighted by Gasteiger charge is 2.11. The van der Waals surface area contributed by atoms with E-state index < -0.39 is 11.4 Å². The van der Waals surface area contributed by atoms with E-state index in [1.54, 1.807) is 6.07 Å². The third-order valence-electron chi connectivity index (χ3n) is 3.88. The number of benzene rings is 2. The molecule has 3 aromatic rings. The van der Waals surface area contributed by atoms with Crippen LogP contribution in [-0.4, -0.2) is 21.2 Å². The second-order valence-corrected chi connectivity index (χ2v) is 6.74. The van der Waals surface area contributed by atoms with Crippen molar-refractivity contribution in [2.75, 3.05) is 11.1 Å². The van der Waals surface area contributed by atoms with Gasteiger partial charge >= 0.3 is 0 Å². The van der Waals surface area contributed by atoms with Gasteiger partial charge < -0.3 is 5.32 Å². The van der Waals surface area contributed by atoms with Crippen LogP contribution in [0.15, 0.2) is 70.7 Å². The highest BCUT2D eigenvalue weighted by atomic mass is 32.2. The first-order chi connectivity index (χ1) is 13.1. The fraction of sp³-hybridized carbons (Fsp3) is 0.150. The van der Waals surface area contributed by atoms with E-state index in [0.29, 0.717) is 11.4 Å². The van der Waals surface area contributed by atoms with Crippen LogP contribution in [0.5, 0.6) is 0 Å². The minimum atomic E-state index is -0.432. The molecule has 1 aromatic heterocycles. The number of halogens is 1.